The Morgan fingerprint density at radius 2 is 1.80 bits per heavy atom. The van der Waals surface area contributed by atoms with Crippen LogP contribution in [0.2, 0.25) is 0 Å². The monoisotopic (exact) mass is 370 g/mol. The minimum atomic E-state index is -3.59. The summed E-state index contributed by atoms with van der Waals surface area (Å²) in [6.45, 7) is 1.86. The maximum Gasteiger partial charge on any atom is 0.306 e. The molecule has 3 N–H and O–H groups in total. The summed E-state index contributed by atoms with van der Waals surface area (Å²) >= 11 is 0. The van der Waals surface area contributed by atoms with Crippen molar-refractivity contribution in [3.05, 3.63) is 30.3 Å². The van der Waals surface area contributed by atoms with Gasteiger partial charge in [0, 0.05) is 6.42 Å². The Morgan fingerprint density at radius 3 is 2.36 bits per heavy atom. The van der Waals surface area contributed by atoms with Crippen LogP contribution in [0.25, 0.3) is 0 Å². The first-order chi connectivity index (χ1) is 11.8. The van der Waals surface area contributed by atoms with Gasteiger partial charge < -0.3 is 15.8 Å². The zero-order chi connectivity index (χ0) is 18.9. The lowest BCUT2D eigenvalue weighted by molar-refractivity contribution is -0.144. The van der Waals surface area contributed by atoms with E-state index in [9.17, 15) is 22.8 Å². The second-order valence-corrected chi connectivity index (χ2v) is 7.36. The molecule has 0 aliphatic heterocycles. The summed E-state index contributed by atoms with van der Waals surface area (Å²) in [5.41, 5.74) is 5.22. The smallest absolute Gasteiger partial charge is 0.306 e. The fourth-order valence-corrected chi connectivity index (χ4v) is 3.37. The molecule has 138 valence electrons. The first-order valence-corrected chi connectivity index (χ1v) is 9.43. The summed E-state index contributed by atoms with van der Waals surface area (Å²) in [4.78, 5) is 34.6. The highest BCUT2D eigenvalue weighted by atomic mass is 32.2. The van der Waals surface area contributed by atoms with E-state index in [2.05, 4.69) is 5.32 Å². The third kappa shape index (κ3) is 7.34. The lowest BCUT2D eigenvalue weighted by atomic mass is 10.2. The van der Waals surface area contributed by atoms with Crippen LogP contribution < -0.4 is 11.1 Å². The molecule has 0 aliphatic rings. The van der Waals surface area contributed by atoms with Crippen molar-refractivity contribution < 1.29 is 27.5 Å². The molecule has 0 heterocycles. The van der Waals surface area contributed by atoms with Gasteiger partial charge in [0.15, 0.2) is 9.84 Å². The number of nitrogens with one attached hydrogen (secondary N) is 1. The molecule has 9 heteroatoms. The lowest BCUT2D eigenvalue weighted by Gasteiger charge is -2.15. The number of ether oxygens (including phenoxy) is 1. The van der Waals surface area contributed by atoms with Gasteiger partial charge in [-0.15, -0.1) is 0 Å². The highest BCUT2D eigenvalue weighted by Gasteiger charge is 2.23. The predicted molar refractivity (Wildman–Crippen MR) is 90.1 cm³/mol. The molecule has 2 amide bonds. The standard InChI is InChI=1S/C16H22N2O6S/c1-2-24-15(20)9-8-14(19)18-13(16(17)21)10-11-25(22,23)12-6-4-3-5-7-12/h3-7,13H,2,8-11H2,1H3,(H2,17,21)(H,18,19)/t13-/m1/s1. The van der Waals surface area contributed by atoms with E-state index in [-0.39, 0.29) is 36.5 Å². The van der Waals surface area contributed by atoms with Crippen molar-refractivity contribution in [2.75, 3.05) is 12.4 Å². The largest absolute Gasteiger partial charge is 0.466 e. The zero-order valence-corrected chi connectivity index (χ0v) is 14.8. The highest BCUT2D eigenvalue weighted by molar-refractivity contribution is 7.91. The Labute approximate surface area is 146 Å². The van der Waals surface area contributed by atoms with E-state index in [1.54, 1.807) is 25.1 Å². The van der Waals surface area contributed by atoms with Gasteiger partial charge in [-0.1, -0.05) is 18.2 Å². The highest BCUT2D eigenvalue weighted by Crippen LogP contribution is 2.12. The van der Waals surface area contributed by atoms with Crippen LogP contribution in [-0.2, 0) is 29.0 Å². The van der Waals surface area contributed by atoms with Gasteiger partial charge in [-0.3, -0.25) is 14.4 Å². The molecule has 0 saturated carbocycles. The fraction of sp³-hybridized carbons (Fsp3) is 0.438. The van der Waals surface area contributed by atoms with E-state index in [0.29, 0.717) is 0 Å². The number of nitrogens with two attached hydrogens (primary N) is 1. The van der Waals surface area contributed by atoms with Crippen LogP contribution in [0.1, 0.15) is 26.2 Å². The predicted octanol–water partition coefficient (Wildman–Crippen LogP) is 0.164. The quantitative estimate of drug-likeness (QED) is 0.564. The minimum Gasteiger partial charge on any atom is -0.466 e. The number of esters is 1. The van der Waals surface area contributed by atoms with Crippen molar-refractivity contribution in [1.29, 1.82) is 0 Å². The molecule has 0 fully saturated rings. The van der Waals surface area contributed by atoms with Gasteiger partial charge in [-0.25, -0.2) is 8.42 Å². The molecule has 25 heavy (non-hydrogen) atoms. The van der Waals surface area contributed by atoms with Crippen molar-refractivity contribution in [2.45, 2.75) is 37.1 Å². The van der Waals surface area contributed by atoms with Crippen LogP contribution >= 0.6 is 0 Å². The molecule has 8 nitrogen and oxygen atoms in total. The summed E-state index contributed by atoms with van der Waals surface area (Å²) in [5.74, 6) is -2.29. The van der Waals surface area contributed by atoms with Crippen molar-refractivity contribution in [3.63, 3.8) is 0 Å². The third-order valence-corrected chi connectivity index (χ3v) is 5.08. The van der Waals surface area contributed by atoms with Crippen LogP contribution in [0.5, 0.6) is 0 Å². The summed E-state index contributed by atoms with van der Waals surface area (Å²) in [5, 5.41) is 2.35. The molecule has 0 aliphatic carbocycles. The number of primary amides is 1. The van der Waals surface area contributed by atoms with Gasteiger partial charge in [0.05, 0.1) is 23.7 Å². The van der Waals surface area contributed by atoms with E-state index < -0.39 is 33.7 Å². The summed E-state index contributed by atoms with van der Waals surface area (Å²) in [6.07, 6.45) is -0.459. The molecule has 0 radical (unpaired) electrons. The van der Waals surface area contributed by atoms with E-state index in [1.807, 2.05) is 0 Å². The normalized spacial score (nSPS) is 12.2. The summed E-state index contributed by atoms with van der Waals surface area (Å²) < 4.78 is 29.1. The average Bonchev–Trinajstić information content (AvgIpc) is 2.57. The fourth-order valence-electron chi connectivity index (χ4n) is 2.02. The molecular weight excluding hydrogens is 348 g/mol. The Kier molecular flexibility index (Phi) is 8.06. The van der Waals surface area contributed by atoms with E-state index in [0.717, 1.165) is 0 Å². The van der Waals surface area contributed by atoms with Crippen molar-refractivity contribution >= 4 is 27.6 Å². The molecule has 1 atom stereocenters. The van der Waals surface area contributed by atoms with E-state index in [4.69, 9.17) is 10.5 Å². The second-order valence-electron chi connectivity index (χ2n) is 5.25. The Hall–Kier alpha value is -2.42. The van der Waals surface area contributed by atoms with Gasteiger partial charge in [0.2, 0.25) is 11.8 Å². The van der Waals surface area contributed by atoms with Gasteiger partial charge >= 0.3 is 5.97 Å². The van der Waals surface area contributed by atoms with Crippen LogP contribution in [0, 0.1) is 0 Å². The van der Waals surface area contributed by atoms with Crippen LogP contribution in [0.3, 0.4) is 0 Å². The van der Waals surface area contributed by atoms with Gasteiger partial charge in [0.25, 0.3) is 0 Å². The van der Waals surface area contributed by atoms with E-state index in [1.165, 1.54) is 12.1 Å². The van der Waals surface area contributed by atoms with Crippen molar-refractivity contribution in [2.24, 2.45) is 5.73 Å². The maximum absolute atomic E-state index is 12.2. The first-order valence-electron chi connectivity index (χ1n) is 7.78. The number of rotatable bonds is 10. The molecule has 1 aromatic rings. The Balaban J connectivity index is 2.59. The molecule has 0 spiro atoms. The number of sulfone groups is 1. The lowest BCUT2D eigenvalue weighted by Crippen LogP contribution is -2.45. The number of amides is 2. The Morgan fingerprint density at radius 1 is 1.16 bits per heavy atom. The topological polar surface area (TPSA) is 133 Å². The second kappa shape index (κ2) is 9.77. The number of carbonyl (C=O) groups is 3. The van der Waals surface area contributed by atoms with Gasteiger partial charge in [-0.05, 0) is 25.5 Å². The van der Waals surface area contributed by atoms with Crippen LogP contribution in [0.4, 0.5) is 0 Å². The molecule has 0 unspecified atom stereocenters. The third-order valence-electron chi connectivity index (χ3n) is 3.32. The molecule has 1 aromatic carbocycles. The molecule has 0 aromatic heterocycles. The summed E-state index contributed by atoms with van der Waals surface area (Å²) in [7, 11) is -3.59. The molecule has 1 rings (SSSR count). The van der Waals surface area contributed by atoms with Gasteiger partial charge in [0.1, 0.15) is 6.04 Å². The number of benzene rings is 1. The maximum atomic E-state index is 12.2. The first kappa shape index (κ1) is 20.6. The van der Waals surface area contributed by atoms with Gasteiger partial charge in [-0.2, -0.15) is 0 Å². The molecular formula is C16H22N2O6S. The molecule has 0 bridgehead atoms. The number of hydrogen-bond acceptors (Lipinski definition) is 6. The van der Waals surface area contributed by atoms with Crippen molar-refractivity contribution in [1.82, 2.24) is 5.32 Å². The number of hydrogen-bond donors (Lipinski definition) is 2. The summed E-state index contributed by atoms with van der Waals surface area (Å²) in [6, 6.07) is 6.65. The van der Waals surface area contributed by atoms with E-state index >= 15 is 0 Å². The average molecular weight is 370 g/mol. The molecule has 0 saturated heterocycles. The Bertz CT molecular complexity index is 703. The van der Waals surface area contributed by atoms with Crippen LogP contribution in [0.15, 0.2) is 35.2 Å². The van der Waals surface area contributed by atoms with Crippen molar-refractivity contribution in [3.8, 4) is 0 Å². The zero-order valence-electron chi connectivity index (χ0n) is 13.9. The SMILES string of the molecule is CCOC(=O)CCC(=O)N[C@H](CCS(=O)(=O)c1ccccc1)C(N)=O. The number of carbonyl (C=O) groups excluding carboxylic acids is 3. The van der Waals surface area contributed by atoms with Crippen LogP contribution in [-0.4, -0.2) is 44.6 Å². The minimum absolute atomic E-state index is 0.131.